The summed E-state index contributed by atoms with van der Waals surface area (Å²) in [6, 6.07) is 14.7. The van der Waals surface area contributed by atoms with Crippen molar-refractivity contribution in [1.29, 1.82) is 0 Å². The Hall–Kier alpha value is -3.88. The van der Waals surface area contributed by atoms with Gasteiger partial charge in [0.25, 0.3) is 0 Å². The van der Waals surface area contributed by atoms with E-state index in [-0.39, 0.29) is 6.03 Å². The molecule has 3 aromatic rings. The van der Waals surface area contributed by atoms with E-state index >= 15 is 0 Å². The molecule has 1 N–H and O–H groups in total. The largest absolute Gasteiger partial charge is 0.465 e. The predicted molar refractivity (Wildman–Crippen MR) is 122 cm³/mol. The number of hydrogen-bond acceptors (Lipinski definition) is 7. The third-order valence-corrected chi connectivity index (χ3v) is 6.00. The van der Waals surface area contributed by atoms with Crippen LogP contribution in [0.25, 0.3) is 11.4 Å². The number of urea groups is 1. The van der Waals surface area contributed by atoms with Gasteiger partial charge in [-0.2, -0.15) is 4.98 Å². The molecule has 33 heavy (non-hydrogen) atoms. The third kappa shape index (κ3) is 4.52. The van der Waals surface area contributed by atoms with Crippen molar-refractivity contribution in [2.45, 2.75) is 18.8 Å². The van der Waals surface area contributed by atoms with Crippen LogP contribution in [0.5, 0.6) is 0 Å². The molecule has 9 heteroatoms. The molecule has 2 heterocycles. The number of nitrogens with one attached hydrogen (secondary N) is 1. The van der Waals surface area contributed by atoms with Crippen LogP contribution in [0, 0.1) is 0 Å². The van der Waals surface area contributed by atoms with Crippen molar-refractivity contribution in [1.82, 2.24) is 15.0 Å². The summed E-state index contributed by atoms with van der Waals surface area (Å²) in [5.41, 5.74) is 2.79. The van der Waals surface area contributed by atoms with E-state index in [9.17, 15) is 9.59 Å². The molecule has 1 saturated carbocycles. The maximum atomic E-state index is 12.8. The van der Waals surface area contributed by atoms with E-state index in [0.717, 1.165) is 30.0 Å². The number of hydrogen-bond donors (Lipinski definition) is 1. The van der Waals surface area contributed by atoms with Crippen LogP contribution in [0.15, 0.2) is 53.1 Å². The summed E-state index contributed by atoms with van der Waals surface area (Å²) in [7, 11) is 1.32. The average molecular weight is 447 g/mol. The van der Waals surface area contributed by atoms with Crippen LogP contribution < -0.4 is 10.2 Å². The molecule has 0 spiro atoms. The average Bonchev–Trinajstić information content (AvgIpc) is 3.60. The third-order valence-electron chi connectivity index (χ3n) is 6.00. The number of carbonyl (C=O) groups excluding carboxylic acids is 2. The number of rotatable bonds is 5. The zero-order valence-electron chi connectivity index (χ0n) is 18.4. The van der Waals surface area contributed by atoms with Gasteiger partial charge in [0.2, 0.25) is 11.7 Å². The number of aromatic nitrogens is 2. The van der Waals surface area contributed by atoms with Gasteiger partial charge in [-0.25, -0.2) is 9.59 Å². The SMILES string of the molecule is COC(=O)c1ccccc1NC(=O)N1CCN(c2ccc(-c3noc(C4CC4)n3)cc2)CC1. The highest BCUT2D eigenvalue weighted by Crippen LogP contribution is 2.39. The van der Waals surface area contributed by atoms with Gasteiger partial charge in [0.15, 0.2) is 0 Å². The Morgan fingerprint density at radius 1 is 1.03 bits per heavy atom. The van der Waals surface area contributed by atoms with Gasteiger partial charge in [-0.1, -0.05) is 17.3 Å². The Balaban J connectivity index is 1.18. The normalized spacial score (nSPS) is 15.9. The molecule has 9 nitrogen and oxygen atoms in total. The van der Waals surface area contributed by atoms with Crippen molar-refractivity contribution in [2.24, 2.45) is 0 Å². The second-order valence-electron chi connectivity index (χ2n) is 8.22. The zero-order valence-corrected chi connectivity index (χ0v) is 18.4. The lowest BCUT2D eigenvalue weighted by molar-refractivity contribution is 0.0602. The molecular formula is C24H25N5O4. The van der Waals surface area contributed by atoms with Gasteiger partial charge < -0.3 is 24.4 Å². The van der Waals surface area contributed by atoms with Crippen LogP contribution in [-0.2, 0) is 4.74 Å². The highest BCUT2D eigenvalue weighted by molar-refractivity contribution is 6.00. The summed E-state index contributed by atoms with van der Waals surface area (Å²) >= 11 is 0. The molecule has 2 aliphatic rings. The van der Waals surface area contributed by atoms with Crippen molar-refractivity contribution in [3.63, 3.8) is 0 Å². The Kier molecular flexibility index (Phi) is 5.68. The highest BCUT2D eigenvalue weighted by Gasteiger charge is 2.30. The summed E-state index contributed by atoms with van der Waals surface area (Å²) in [5.74, 6) is 1.31. The van der Waals surface area contributed by atoms with E-state index in [2.05, 4.69) is 20.4 Å². The smallest absolute Gasteiger partial charge is 0.339 e. The molecule has 170 valence electrons. The molecule has 0 atom stereocenters. The van der Waals surface area contributed by atoms with Gasteiger partial charge >= 0.3 is 12.0 Å². The van der Waals surface area contributed by atoms with Crippen molar-refractivity contribution >= 4 is 23.4 Å². The predicted octanol–water partition coefficient (Wildman–Crippen LogP) is 3.75. The standard InChI is InChI=1S/C24H25N5O4/c1-32-23(30)19-4-2-3-5-20(19)25-24(31)29-14-12-28(13-15-29)18-10-8-16(9-11-18)21-26-22(33-27-21)17-6-7-17/h2-5,8-11,17H,6-7,12-15H2,1H3,(H,25,31). The number of esters is 1. The van der Waals surface area contributed by atoms with Crippen molar-refractivity contribution in [3.05, 3.63) is 60.0 Å². The van der Waals surface area contributed by atoms with Gasteiger partial charge in [0.05, 0.1) is 18.4 Å². The quantitative estimate of drug-likeness (QED) is 0.595. The monoisotopic (exact) mass is 447 g/mol. The number of nitrogens with zero attached hydrogens (tertiary/aromatic N) is 4. The number of ether oxygens (including phenoxy) is 1. The number of amides is 2. The second kappa shape index (κ2) is 8.93. The number of methoxy groups -OCH3 is 1. The first-order chi connectivity index (χ1) is 16.1. The maximum Gasteiger partial charge on any atom is 0.339 e. The summed E-state index contributed by atoms with van der Waals surface area (Å²) < 4.78 is 10.1. The Bertz CT molecular complexity index is 1150. The van der Waals surface area contributed by atoms with Gasteiger partial charge in [0.1, 0.15) is 0 Å². The first-order valence-corrected chi connectivity index (χ1v) is 11.0. The van der Waals surface area contributed by atoms with E-state index in [1.54, 1.807) is 29.2 Å². The fraction of sp³-hybridized carbons (Fsp3) is 0.333. The van der Waals surface area contributed by atoms with E-state index in [4.69, 9.17) is 9.26 Å². The molecule has 1 aliphatic heterocycles. The Morgan fingerprint density at radius 3 is 2.45 bits per heavy atom. The van der Waals surface area contributed by atoms with Crippen molar-refractivity contribution in [3.8, 4) is 11.4 Å². The van der Waals surface area contributed by atoms with Crippen LogP contribution in [-0.4, -0.2) is 60.3 Å². The molecule has 0 radical (unpaired) electrons. The lowest BCUT2D eigenvalue weighted by atomic mass is 10.1. The number of para-hydroxylation sites is 1. The zero-order chi connectivity index (χ0) is 22.8. The molecule has 0 unspecified atom stereocenters. The fourth-order valence-electron chi connectivity index (χ4n) is 3.91. The molecule has 1 aromatic heterocycles. The van der Waals surface area contributed by atoms with Crippen LogP contribution in [0.4, 0.5) is 16.2 Å². The van der Waals surface area contributed by atoms with Gasteiger partial charge in [-0.15, -0.1) is 0 Å². The van der Waals surface area contributed by atoms with E-state index in [0.29, 0.717) is 49.2 Å². The Labute approximate surface area is 191 Å². The molecule has 1 saturated heterocycles. The molecule has 5 rings (SSSR count). The minimum Gasteiger partial charge on any atom is -0.465 e. The maximum absolute atomic E-state index is 12.8. The number of piperazine rings is 1. The highest BCUT2D eigenvalue weighted by atomic mass is 16.5. The first kappa shape index (κ1) is 21.0. The lowest BCUT2D eigenvalue weighted by Crippen LogP contribution is -2.50. The molecule has 2 aromatic carbocycles. The van der Waals surface area contributed by atoms with Crippen LogP contribution >= 0.6 is 0 Å². The van der Waals surface area contributed by atoms with E-state index < -0.39 is 5.97 Å². The lowest BCUT2D eigenvalue weighted by Gasteiger charge is -2.36. The van der Waals surface area contributed by atoms with E-state index in [1.165, 1.54) is 7.11 Å². The summed E-state index contributed by atoms with van der Waals surface area (Å²) in [5, 5.41) is 6.93. The molecule has 2 amide bonds. The van der Waals surface area contributed by atoms with Crippen LogP contribution in [0.2, 0.25) is 0 Å². The van der Waals surface area contributed by atoms with Crippen LogP contribution in [0.3, 0.4) is 0 Å². The number of anilines is 2. The van der Waals surface area contributed by atoms with Crippen molar-refractivity contribution < 1.29 is 18.8 Å². The first-order valence-electron chi connectivity index (χ1n) is 11.0. The van der Waals surface area contributed by atoms with Gasteiger partial charge in [0, 0.05) is 43.3 Å². The van der Waals surface area contributed by atoms with Gasteiger partial charge in [-0.05, 0) is 49.2 Å². The van der Waals surface area contributed by atoms with Gasteiger partial charge in [-0.3, -0.25) is 0 Å². The number of carbonyl (C=O) groups is 2. The minimum absolute atomic E-state index is 0.232. The summed E-state index contributed by atoms with van der Waals surface area (Å²) in [6.45, 7) is 2.56. The van der Waals surface area contributed by atoms with E-state index in [1.807, 2.05) is 24.3 Å². The number of benzene rings is 2. The summed E-state index contributed by atoms with van der Waals surface area (Å²) in [4.78, 5) is 33.2. The van der Waals surface area contributed by atoms with Crippen LogP contribution in [0.1, 0.15) is 35.0 Å². The molecular weight excluding hydrogens is 422 g/mol. The molecule has 1 aliphatic carbocycles. The topological polar surface area (TPSA) is 101 Å². The molecule has 2 fully saturated rings. The van der Waals surface area contributed by atoms with Crippen molar-refractivity contribution in [2.75, 3.05) is 43.5 Å². The molecule has 0 bridgehead atoms. The minimum atomic E-state index is -0.483. The second-order valence-corrected chi connectivity index (χ2v) is 8.22. The Morgan fingerprint density at radius 2 is 1.76 bits per heavy atom. The summed E-state index contributed by atoms with van der Waals surface area (Å²) in [6.07, 6.45) is 2.25. The fourth-order valence-corrected chi connectivity index (χ4v) is 3.91.